The van der Waals surface area contributed by atoms with Gasteiger partial charge in [0, 0.05) is 65.2 Å². The molecular weight excluding hydrogens is 578 g/mol. The van der Waals surface area contributed by atoms with Gasteiger partial charge in [-0.2, -0.15) is 0 Å². The van der Waals surface area contributed by atoms with Crippen LogP contribution in [0.1, 0.15) is 0 Å². The van der Waals surface area contributed by atoms with Gasteiger partial charge in [0.1, 0.15) is 0 Å². The fraction of sp³-hybridized carbons (Fsp3) is 0.242. The number of aromatic nitrogens is 2. The Hall–Kier alpha value is -4.64. The van der Waals surface area contributed by atoms with Crippen molar-refractivity contribution in [2.45, 2.75) is 0 Å². The van der Waals surface area contributed by atoms with E-state index in [0.717, 1.165) is 62.1 Å². The van der Waals surface area contributed by atoms with Crippen molar-refractivity contribution in [1.29, 1.82) is 0 Å². The normalized spacial score (nSPS) is 15.0. The Labute approximate surface area is 261 Å². The minimum Gasteiger partial charge on any atom is -0.378 e. The number of amides is 1. The highest BCUT2D eigenvalue weighted by molar-refractivity contribution is 6.31. The molecule has 3 aromatic carbocycles. The molecule has 3 N–H and O–H groups in total. The fourth-order valence-corrected chi connectivity index (χ4v) is 5.44. The van der Waals surface area contributed by atoms with Gasteiger partial charge >= 0.3 is 0 Å². The number of nitrogens with one attached hydrogen (secondary N) is 3. The van der Waals surface area contributed by atoms with Crippen LogP contribution in [0.5, 0.6) is 0 Å². The number of hydrogen-bond acceptors (Lipinski definition) is 9. The van der Waals surface area contributed by atoms with Crippen LogP contribution >= 0.6 is 11.6 Å². The Morgan fingerprint density at radius 1 is 0.818 bits per heavy atom. The Balaban J connectivity index is 1.31. The molecule has 0 spiro atoms. The monoisotopic (exact) mass is 611 g/mol. The summed E-state index contributed by atoms with van der Waals surface area (Å²) in [5.74, 6) is 0.0890. The van der Waals surface area contributed by atoms with Crippen molar-refractivity contribution in [3.63, 3.8) is 0 Å². The van der Waals surface area contributed by atoms with E-state index in [1.807, 2.05) is 36.4 Å². The van der Waals surface area contributed by atoms with Gasteiger partial charge in [-0.1, -0.05) is 24.2 Å². The molecule has 2 aliphatic heterocycles. The van der Waals surface area contributed by atoms with Gasteiger partial charge in [0.05, 0.1) is 44.0 Å². The molecule has 2 fully saturated rings. The van der Waals surface area contributed by atoms with Crippen LogP contribution < -0.4 is 25.8 Å². The zero-order chi connectivity index (χ0) is 30.3. The Bertz CT molecular complexity index is 1620. The van der Waals surface area contributed by atoms with Crippen molar-refractivity contribution in [2.24, 2.45) is 0 Å². The first-order valence-corrected chi connectivity index (χ1v) is 14.9. The van der Waals surface area contributed by atoms with Gasteiger partial charge in [-0.15, -0.1) is 0 Å². The lowest BCUT2D eigenvalue weighted by atomic mass is 10.1. The van der Waals surface area contributed by atoms with Crippen LogP contribution in [0.3, 0.4) is 0 Å². The maximum Gasteiger partial charge on any atom is 0.247 e. The molecule has 11 heteroatoms. The van der Waals surface area contributed by atoms with E-state index < -0.39 is 0 Å². The highest BCUT2D eigenvalue weighted by atomic mass is 35.5. The summed E-state index contributed by atoms with van der Waals surface area (Å²) in [4.78, 5) is 26.2. The summed E-state index contributed by atoms with van der Waals surface area (Å²) in [5.41, 5.74) is 6.53. The summed E-state index contributed by atoms with van der Waals surface area (Å²) in [6.45, 7) is 9.85. The van der Waals surface area contributed by atoms with E-state index in [-0.39, 0.29) is 5.91 Å². The first kappa shape index (κ1) is 29.4. The molecule has 44 heavy (non-hydrogen) atoms. The molecule has 0 bridgehead atoms. The van der Waals surface area contributed by atoms with Crippen molar-refractivity contribution >= 4 is 57.6 Å². The fourth-order valence-electron chi connectivity index (χ4n) is 5.21. The van der Waals surface area contributed by atoms with Gasteiger partial charge in [0.2, 0.25) is 11.9 Å². The van der Waals surface area contributed by atoms with E-state index in [9.17, 15) is 4.79 Å². The SMILES string of the molecule is C=CC(=O)Nc1cc(Cl)cc(-c2nc(Nc3cccc(N4CCOCC4)c3)ncc2Nc2ccc(N3CCOCC3)cc2)c1. The van der Waals surface area contributed by atoms with Gasteiger partial charge < -0.3 is 35.2 Å². The third-order valence-electron chi connectivity index (χ3n) is 7.41. The lowest BCUT2D eigenvalue weighted by Gasteiger charge is -2.29. The third kappa shape index (κ3) is 7.28. The highest BCUT2D eigenvalue weighted by Crippen LogP contribution is 2.34. The average molecular weight is 612 g/mol. The number of ether oxygens (including phenoxy) is 2. The predicted molar refractivity (Wildman–Crippen MR) is 177 cm³/mol. The summed E-state index contributed by atoms with van der Waals surface area (Å²) in [7, 11) is 0. The van der Waals surface area contributed by atoms with Crippen LogP contribution in [0.4, 0.5) is 40.1 Å². The minimum absolute atomic E-state index is 0.331. The van der Waals surface area contributed by atoms with Crippen LogP contribution in [-0.2, 0) is 14.3 Å². The minimum atomic E-state index is -0.331. The van der Waals surface area contributed by atoms with E-state index in [1.54, 1.807) is 12.3 Å². The number of hydrogen-bond donors (Lipinski definition) is 3. The topological polar surface area (TPSA) is 104 Å². The van der Waals surface area contributed by atoms with Crippen molar-refractivity contribution < 1.29 is 14.3 Å². The molecule has 0 unspecified atom stereocenters. The quantitative estimate of drug-likeness (QED) is 0.194. The van der Waals surface area contributed by atoms with Crippen molar-refractivity contribution in [3.8, 4) is 11.3 Å². The lowest BCUT2D eigenvalue weighted by Crippen LogP contribution is -2.36. The molecule has 3 heterocycles. The van der Waals surface area contributed by atoms with Gasteiger partial charge in [0.25, 0.3) is 0 Å². The van der Waals surface area contributed by atoms with E-state index >= 15 is 0 Å². The number of anilines is 7. The number of carbonyl (C=O) groups excluding carboxylic acids is 1. The van der Waals surface area contributed by atoms with Crippen molar-refractivity contribution in [1.82, 2.24) is 9.97 Å². The number of morpholine rings is 2. The molecule has 2 saturated heterocycles. The Morgan fingerprint density at radius 3 is 2.23 bits per heavy atom. The van der Waals surface area contributed by atoms with Gasteiger partial charge in [0.15, 0.2) is 0 Å². The molecule has 0 radical (unpaired) electrons. The Morgan fingerprint density at radius 2 is 1.52 bits per heavy atom. The van der Waals surface area contributed by atoms with Crippen LogP contribution in [-0.4, -0.2) is 68.5 Å². The van der Waals surface area contributed by atoms with Crippen molar-refractivity contribution in [2.75, 3.05) is 78.4 Å². The van der Waals surface area contributed by atoms with Crippen LogP contribution in [0.25, 0.3) is 11.3 Å². The molecular formula is C33H34ClN7O3. The van der Waals surface area contributed by atoms with Crippen LogP contribution in [0, 0.1) is 0 Å². The van der Waals surface area contributed by atoms with Crippen LogP contribution in [0.15, 0.2) is 85.6 Å². The predicted octanol–water partition coefficient (Wildman–Crippen LogP) is 6.08. The molecule has 0 aliphatic carbocycles. The summed E-state index contributed by atoms with van der Waals surface area (Å²) in [6, 6.07) is 21.7. The van der Waals surface area contributed by atoms with Crippen LogP contribution in [0.2, 0.25) is 5.02 Å². The van der Waals surface area contributed by atoms with E-state index in [4.69, 9.17) is 26.1 Å². The van der Waals surface area contributed by atoms with E-state index in [1.165, 1.54) is 6.08 Å². The lowest BCUT2D eigenvalue weighted by molar-refractivity contribution is -0.111. The number of benzene rings is 3. The standard InChI is InChI=1S/C33H34ClN7O3/c1-2-31(42)37-27-19-23(18-24(34)20-27)32-30(36-25-6-8-28(9-7-25)40-10-14-43-15-11-40)22-35-33(39-32)38-26-4-3-5-29(21-26)41-12-16-44-17-13-41/h2-9,18-22,36H,1,10-17H2,(H,37,42)(H,35,38,39). The zero-order valence-electron chi connectivity index (χ0n) is 24.3. The van der Waals surface area contributed by atoms with E-state index in [2.05, 4.69) is 61.6 Å². The zero-order valence-corrected chi connectivity index (χ0v) is 25.0. The molecule has 6 rings (SSSR count). The number of carbonyl (C=O) groups is 1. The number of nitrogens with zero attached hydrogens (tertiary/aromatic N) is 4. The molecule has 0 saturated carbocycles. The molecule has 2 aliphatic rings. The average Bonchev–Trinajstić information content (AvgIpc) is 3.06. The third-order valence-corrected chi connectivity index (χ3v) is 7.63. The highest BCUT2D eigenvalue weighted by Gasteiger charge is 2.16. The van der Waals surface area contributed by atoms with Gasteiger partial charge in [-0.25, -0.2) is 9.97 Å². The van der Waals surface area contributed by atoms with Gasteiger partial charge in [-0.05, 0) is 66.7 Å². The second-order valence-electron chi connectivity index (χ2n) is 10.4. The summed E-state index contributed by atoms with van der Waals surface area (Å²) < 4.78 is 11.0. The molecule has 1 amide bonds. The number of rotatable bonds is 9. The first-order chi connectivity index (χ1) is 21.5. The second kappa shape index (κ2) is 13.8. The first-order valence-electron chi connectivity index (χ1n) is 14.5. The molecule has 0 atom stereocenters. The smallest absolute Gasteiger partial charge is 0.247 e. The summed E-state index contributed by atoms with van der Waals surface area (Å²) >= 11 is 6.51. The summed E-state index contributed by atoms with van der Waals surface area (Å²) in [6.07, 6.45) is 2.96. The molecule has 10 nitrogen and oxygen atoms in total. The Kier molecular flexibility index (Phi) is 9.21. The van der Waals surface area contributed by atoms with Crippen molar-refractivity contribution in [3.05, 3.63) is 90.6 Å². The second-order valence-corrected chi connectivity index (χ2v) is 10.9. The molecule has 1 aromatic heterocycles. The van der Waals surface area contributed by atoms with E-state index in [0.29, 0.717) is 46.8 Å². The largest absolute Gasteiger partial charge is 0.378 e. The summed E-state index contributed by atoms with van der Waals surface area (Å²) in [5, 5.41) is 10.1. The molecule has 226 valence electrons. The molecule has 4 aromatic rings. The maximum atomic E-state index is 12.0. The number of halogens is 1. The maximum absolute atomic E-state index is 12.0. The van der Waals surface area contributed by atoms with Gasteiger partial charge in [-0.3, -0.25) is 4.79 Å².